The summed E-state index contributed by atoms with van der Waals surface area (Å²) in [7, 11) is 0. The molecule has 15 heavy (non-hydrogen) atoms. The summed E-state index contributed by atoms with van der Waals surface area (Å²) in [5, 5.41) is 2.17. The fourth-order valence-corrected chi connectivity index (χ4v) is 3.53. The molecule has 0 spiro atoms. The van der Waals surface area contributed by atoms with Gasteiger partial charge in [-0.2, -0.15) is 0 Å². The van der Waals surface area contributed by atoms with Crippen molar-refractivity contribution in [1.29, 1.82) is 0 Å². The van der Waals surface area contributed by atoms with Crippen LogP contribution in [0.3, 0.4) is 0 Å². The molecule has 0 radical (unpaired) electrons. The highest BCUT2D eigenvalue weighted by atomic mass is 32.1. The van der Waals surface area contributed by atoms with Crippen LogP contribution in [0, 0.1) is 11.8 Å². The first-order valence-electron chi connectivity index (χ1n) is 6.12. The molecular formula is C13H21NS. The van der Waals surface area contributed by atoms with E-state index in [0.29, 0.717) is 0 Å². The summed E-state index contributed by atoms with van der Waals surface area (Å²) in [6.07, 6.45) is 8.31. The van der Waals surface area contributed by atoms with Gasteiger partial charge in [0.1, 0.15) is 0 Å². The smallest absolute Gasteiger partial charge is 0.00485 e. The Hall–Kier alpha value is -0.340. The van der Waals surface area contributed by atoms with E-state index in [1.54, 1.807) is 0 Å². The second-order valence-electron chi connectivity index (χ2n) is 4.68. The molecule has 2 N–H and O–H groups in total. The van der Waals surface area contributed by atoms with Gasteiger partial charge in [-0.05, 0) is 36.2 Å². The van der Waals surface area contributed by atoms with Gasteiger partial charge in [-0.25, -0.2) is 0 Å². The summed E-state index contributed by atoms with van der Waals surface area (Å²) >= 11 is 1.88. The Morgan fingerprint density at radius 1 is 1.33 bits per heavy atom. The summed E-state index contributed by atoms with van der Waals surface area (Å²) in [6.45, 7) is 0.864. The normalized spacial score (nSPS) is 20.3. The van der Waals surface area contributed by atoms with Gasteiger partial charge in [-0.15, -0.1) is 11.3 Å². The maximum Gasteiger partial charge on any atom is 0.00485 e. The third-order valence-electron chi connectivity index (χ3n) is 3.66. The molecule has 0 bridgehead atoms. The van der Waals surface area contributed by atoms with Crippen LogP contribution in [0.25, 0.3) is 0 Å². The molecule has 1 aromatic rings. The molecule has 1 aromatic heterocycles. The minimum Gasteiger partial charge on any atom is -0.330 e. The van der Waals surface area contributed by atoms with Crippen LogP contribution in [0.1, 0.15) is 37.0 Å². The van der Waals surface area contributed by atoms with Crippen molar-refractivity contribution in [2.45, 2.75) is 38.5 Å². The van der Waals surface area contributed by atoms with Crippen LogP contribution in [0.15, 0.2) is 17.5 Å². The van der Waals surface area contributed by atoms with Crippen molar-refractivity contribution in [3.05, 3.63) is 22.4 Å². The third kappa shape index (κ3) is 3.05. The maximum absolute atomic E-state index is 5.92. The molecule has 2 heteroatoms. The van der Waals surface area contributed by atoms with Crippen molar-refractivity contribution in [2.75, 3.05) is 6.54 Å². The van der Waals surface area contributed by atoms with Gasteiger partial charge < -0.3 is 5.73 Å². The molecule has 1 aliphatic carbocycles. The van der Waals surface area contributed by atoms with Gasteiger partial charge in [0.05, 0.1) is 0 Å². The van der Waals surface area contributed by atoms with Gasteiger partial charge in [-0.1, -0.05) is 38.2 Å². The molecule has 1 fully saturated rings. The summed E-state index contributed by atoms with van der Waals surface area (Å²) in [5.41, 5.74) is 5.92. The first-order valence-corrected chi connectivity index (χ1v) is 7.00. The van der Waals surface area contributed by atoms with E-state index < -0.39 is 0 Å². The molecule has 1 unspecified atom stereocenters. The fraction of sp³-hybridized carbons (Fsp3) is 0.692. The predicted molar refractivity (Wildman–Crippen MR) is 67.1 cm³/mol. The first kappa shape index (κ1) is 11.2. The second-order valence-corrected chi connectivity index (χ2v) is 5.71. The molecular weight excluding hydrogens is 202 g/mol. The number of nitrogens with two attached hydrogens (primary N) is 1. The van der Waals surface area contributed by atoms with Crippen LogP contribution >= 0.6 is 11.3 Å². The lowest BCUT2D eigenvalue weighted by molar-refractivity contribution is 0.252. The van der Waals surface area contributed by atoms with E-state index >= 15 is 0 Å². The second kappa shape index (κ2) is 5.66. The predicted octanol–water partition coefficient (Wildman–Crippen LogP) is 3.45. The van der Waals surface area contributed by atoms with E-state index in [1.807, 2.05) is 11.3 Å². The number of rotatable bonds is 4. The van der Waals surface area contributed by atoms with Crippen molar-refractivity contribution in [2.24, 2.45) is 17.6 Å². The van der Waals surface area contributed by atoms with Gasteiger partial charge in [-0.3, -0.25) is 0 Å². The Morgan fingerprint density at radius 3 is 2.73 bits per heavy atom. The standard InChI is InChI=1S/C13H21NS/c14-10-12(9-13-7-4-8-15-13)11-5-2-1-3-6-11/h4,7-8,11-12H,1-3,5-6,9-10,14H2. The monoisotopic (exact) mass is 223 g/mol. The first-order chi connectivity index (χ1) is 7.40. The lowest BCUT2D eigenvalue weighted by atomic mass is 9.78. The van der Waals surface area contributed by atoms with E-state index in [2.05, 4.69) is 17.5 Å². The lowest BCUT2D eigenvalue weighted by Crippen LogP contribution is -2.27. The average Bonchev–Trinajstić information content (AvgIpc) is 2.80. The van der Waals surface area contributed by atoms with Gasteiger partial charge in [0.25, 0.3) is 0 Å². The highest BCUT2D eigenvalue weighted by molar-refractivity contribution is 7.09. The molecule has 0 amide bonds. The molecule has 0 aliphatic heterocycles. The molecule has 2 rings (SSSR count). The molecule has 1 saturated carbocycles. The van der Waals surface area contributed by atoms with Gasteiger partial charge in [0.2, 0.25) is 0 Å². The molecule has 84 valence electrons. The summed E-state index contributed by atoms with van der Waals surface area (Å²) in [6, 6.07) is 4.39. The van der Waals surface area contributed by atoms with Crippen molar-refractivity contribution in [1.82, 2.24) is 0 Å². The Kier molecular flexibility index (Phi) is 4.21. The zero-order valence-electron chi connectivity index (χ0n) is 9.32. The van der Waals surface area contributed by atoms with E-state index in [0.717, 1.165) is 18.4 Å². The summed E-state index contributed by atoms with van der Waals surface area (Å²) in [4.78, 5) is 1.51. The van der Waals surface area contributed by atoms with E-state index in [-0.39, 0.29) is 0 Å². The minimum absolute atomic E-state index is 0.726. The van der Waals surface area contributed by atoms with Crippen LogP contribution in [-0.2, 0) is 6.42 Å². The topological polar surface area (TPSA) is 26.0 Å². The van der Waals surface area contributed by atoms with Crippen LogP contribution in [0.2, 0.25) is 0 Å². The fourth-order valence-electron chi connectivity index (χ4n) is 2.74. The van der Waals surface area contributed by atoms with Crippen molar-refractivity contribution in [3.8, 4) is 0 Å². The molecule has 1 nitrogen and oxygen atoms in total. The van der Waals surface area contributed by atoms with Crippen molar-refractivity contribution < 1.29 is 0 Å². The molecule has 0 saturated heterocycles. The van der Waals surface area contributed by atoms with E-state index in [1.165, 1.54) is 43.4 Å². The van der Waals surface area contributed by atoms with Crippen LogP contribution < -0.4 is 5.73 Å². The van der Waals surface area contributed by atoms with Crippen molar-refractivity contribution >= 4 is 11.3 Å². The van der Waals surface area contributed by atoms with Gasteiger partial charge >= 0.3 is 0 Å². The van der Waals surface area contributed by atoms with E-state index in [4.69, 9.17) is 5.73 Å². The third-order valence-corrected chi connectivity index (χ3v) is 4.56. The van der Waals surface area contributed by atoms with Gasteiger partial charge in [0.15, 0.2) is 0 Å². The van der Waals surface area contributed by atoms with Crippen LogP contribution in [0.5, 0.6) is 0 Å². The number of hydrogen-bond acceptors (Lipinski definition) is 2. The maximum atomic E-state index is 5.92. The van der Waals surface area contributed by atoms with Crippen LogP contribution in [-0.4, -0.2) is 6.54 Å². The lowest BCUT2D eigenvalue weighted by Gasteiger charge is -2.29. The number of thiophene rings is 1. The zero-order valence-corrected chi connectivity index (χ0v) is 10.1. The Morgan fingerprint density at radius 2 is 2.13 bits per heavy atom. The Bertz CT molecular complexity index is 262. The van der Waals surface area contributed by atoms with Crippen LogP contribution in [0.4, 0.5) is 0 Å². The highest BCUT2D eigenvalue weighted by Gasteiger charge is 2.22. The van der Waals surface area contributed by atoms with E-state index in [9.17, 15) is 0 Å². The molecule has 1 heterocycles. The van der Waals surface area contributed by atoms with Crippen molar-refractivity contribution in [3.63, 3.8) is 0 Å². The quantitative estimate of drug-likeness (QED) is 0.831. The Labute approximate surface area is 96.7 Å². The average molecular weight is 223 g/mol. The molecule has 0 aromatic carbocycles. The highest BCUT2D eigenvalue weighted by Crippen LogP contribution is 2.32. The summed E-state index contributed by atoms with van der Waals surface area (Å²) < 4.78 is 0. The van der Waals surface area contributed by atoms with Gasteiger partial charge in [0, 0.05) is 4.88 Å². The largest absolute Gasteiger partial charge is 0.330 e. The SMILES string of the molecule is NCC(Cc1cccs1)C1CCCCC1. The Balaban J connectivity index is 1.91. The number of hydrogen-bond donors (Lipinski definition) is 1. The molecule has 1 aliphatic rings. The summed E-state index contributed by atoms with van der Waals surface area (Å²) in [5.74, 6) is 1.62. The minimum atomic E-state index is 0.726. The molecule has 1 atom stereocenters. The zero-order chi connectivity index (χ0) is 10.5.